The molecular formula is C21H24N4O2. The summed E-state index contributed by atoms with van der Waals surface area (Å²) in [5.74, 6) is 0.0224. The van der Waals surface area contributed by atoms with Crippen LogP contribution in [0.1, 0.15) is 17.5 Å². The average molecular weight is 364 g/mol. The zero-order chi connectivity index (χ0) is 19.0. The molecule has 140 valence electrons. The number of aliphatic imine (C=N–C) groups is 1. The lowest BCUT2D eigenvalue weighted by Crippen LogP contribution is -2.51. The van der Waals surface area contributed by atoms with Gasteiger partial charge < -0.3 is 10.2 Å². The molecule has 0 fully saturated rings. The van der Waals surface area contributed by atoms with Crippen molar-refractivity contribution in [2.24, 2.45) is 10.9 Å². The SMILES string of the molecule is CN(C)CCNC(=O)C1CC=CN2C(=O)C3=Cc4ccccc4CC3N=C12. The van der Waals surface area contributed by atoms with Crippen LogP contribution in [0.5, 0.6) is 0 Å². The van der Waals surface area contributed by atoms with Crippen LogP contribution < -0.4 is 5.32 Å². The highest BCUT2D eigenvalue weighted by Crippen LogP contribution is 2.33. The van der Waals surface area contributed by atoms with Crippen LogP contribution in [0.2, 0.25) is 0 Å². The minimum atomic E-state index is -0.417. The molecule has 0 saturated carbocycles. The van der Waals surface area contributed by atoms with Gasteiger partial charge in [0.15, 0.2) is 0 Å². The molecule has 27 heavy (non-hydrogen) atoms. The van der Waals surface area contributed by atoms with E-state index in [9.17, 15) is 9.59 Å². The molecule has 2 heterocycles. The first-order valence-electron chi connectivity index (χ1n) is 9.34. The molecule has 1 aromatic carbocycles. The number of nitrogens with one attached hydrogen (secondary N) is 1. The first-order valence-corrected chi connectivity index (χ1v) is 9.34. The molecule has 1 aromatic rings. The molecule has 0 spiro atoms. The number of likely N-dealkylation sites (N-methyl/N-ethyl adjacent to an activating group) is 1. The van der Waals surface area contributed by atoms with E-state index in [1.807, 2.05) is 49.3 Å². The normalized spacial score (nSPS) is 23.2. The fourth-order valence-electron chi connectivity index (χ4n) is 3.79. The van der Waals surface area contributed by atoms with E-state index >= 15 is 0 Å². The van der Waals surface area contributed by atoms with Gasteiger partial charge in [-0.2, -0.15) is 0 Å². The smallest absolute Gasteiger partial charge is 0.261 e. The molecule has 2 atom stereocenters. The molecule has 0 saturated heterocycles. The van der Waals surface area contributed by atoms with Crippen LogP contribution in [0.3, 0.4) is 0 Å². The third-order valence-electron chi connectivity index (χ3n) is 5.25. The number of fused-ring (bicyclic) bond motifs is 3. The lowest BCUT2D eigenvalue weighted by atomic mass is 9.85. The summed E-state index contributed by atoms with van der Waals surface area (Å²) in [6.07, 6.45) is 6.84. The summed E-state index contributed by atoms with van der Waals surface area (Å²) in [6.45, 7) is 1.35. The second kappa shape index (κ2) is 7.12. The maximum absolute atomic E-state index is 13.1. The van der Waals surface area contributed by atoms with Gasteiger partial charge in [-0.1, -0.05) is 30.3 Å². The van der Waals surface area contributed by atoms with E-state index < -0.39 is 5.92 Å². The van der Waals surface area contributed by atoms with Crippen LogP contribution in [0.15, 0.2) is 47.1 Å². The molecule has 2 unspecified atom stereocenters. The van der Waals surface area contributed by atoms with Gasteiger partial charge in [0.05, 0.1) is 12.0 Å². The fourth-order valence-corrected chi connectivity index (χ4v) is 3.79. The molecule has 0 bridgehead atoms. The summed E-state index contributed by atoms with van der Waals surface area (Å²) < 4.78 is 0. The van der Waals surface area contributed by atoms with Gasteiger partial charge in [-0.15, -0.1) is 0 Å². The summed E-state index contributed by atoms with van der Waals surface area (Å²) in [5.41, 5.74) is 2.97. The Morgan fingerprint density at radius 2 is 2.15 bits per heavy atom. The lowest BCUT2D eigenvalue weighted by molar-refractivity contribution is -0.124. The summed E-state index contributed by atoms with van der Waals surface area (Å²) >= 11 is 0. The van der Waals surface area contributed by atoms with E-state index in [1.165, 1.54) is 5.56 Å². The van der Waals surface area contributed by atoms with Gasteiger partial charge in [0, 0.05) is 24.9 Å². The monoisotopic (exact) mass is 364 g/mol. The van der Waals surface area contributed by atoms with E-state index in [0.717, 1.165) is 12.1 Å². The number of hydrogen-bond donors (Lipinski definition) is 1. The maximum Gasteiger partial charge on any atom is 0.261 e. The molecule has 0 radical (unpaired) electrons. The number of amides is 2. The molecular weight excluding hydrogens is 340 g/mol. The summed E-state index contributed by atoms with van der Waals surface area (Å²) in [4.78, 5) is 34.2. The topological polar surface area (TPSA) is 65.0 Å². The van der Waals surface area contributed by atoms with Crippen molar-refractivity contribution in [1.82, 2.24) is 15.1 Å². The van der Waals surface area contributed by atoms with E-state index in [1.54, 1.807) is 11.1 Å². The Morgan fingerprint density at radius 3 is 2.96 bits per heavy atom. The van der Waals surface area contributed by atoms with Crippen molar-refractivity contribution in [3.63, 3.8) is 0 Å². The Morgan fingerprint density at radius 1 is 1.33 bits per heavy atom. The number of carbonyl (C=O) groups excluding carboxylic acids is 2. The van der Waals surface area contributed by atoms with E-state index in [-0.39, 0.29) is 17.9 Å². The molecule has 2 amide bonds. The predicted octanol–water partition coefficient (Wildman–Crippen LogP) is 1.45. The number of carbonyl (C=O) groups is 2. The predicted molar refractivity (Wildman–Crippen MR) is 105 cm³/mol. The van der Waals surface area contributed by atoms with Crippen molar-refractivity contribution in [1.29, 1.82) is 0 Å². The number of hydrogen-bond acceptors (Lipinski definition) is 4. The molecule has 6 nitrogen and oxygen atoms in total. The van der Waals surface area contributed by atoms with Crippen LogP contribution in [0.4, 0.5) is 0 Å². The van der Waals surface area contributed by atoms with Gasteiger partial charge in [-0.3, -0.25) is 19.5 Å². The van der Waals surface area contributed by atoms with E-state index in [0.29, 0.717) is 30.8 Å². The zero-order valence-electron chi connectivity index (χ0n) is 15.7. The molecule has 2 aliphatic heterocycles. The van der Waals surface area contributed by atoms with Crippen LogP contribution in [0.25, 0.3) is 6.08 Å². The van der Waals surface area contributed by atoms with Gasteiger partial charge in [-0.05, 0) is 44.1 Å². The van der Waals surface area contributed by atoms with Crippen LogP contribution in [0, 0.1) is 5.92 Å². The van der Waals surface area contributed by atoms with Crippen LogP contribution in [-0.2, 0) is 16.0 Å². The van der Waals surface area contributed by atoms with Crippen LogP contribution in [-0.4, -0.2) is 60.7 Å². The Hall–Kier alpha value is -2.73. The second-order valence-electron chi connectivity index (χ2n) is 7.45. The second-order valence-corrected chi connectivity index (χ2v) is 7.45. The Balaban J connectivity index is 1.61. The number of nitrogens with zero attached hydrogens (tertiary/aromatic N) is 3. The highest BCUT2D eigenvalue weighted by atomic mass is 16.2. The minimum Gasteiger partial charge on any atom is -0.354 e. The zero-order valence-corrected chi connectivity index (χ0v) is 15.7. The van der Waals surface area contributed by atoms with Gasteiger partial charge >= 0.3 is 0 Å². The average Bonchev–Trinajstić information content (AvgIpc) is 2.66. The van der Waals surface area contributed by atoms with Crippen LogP contribution >= 0.6 is 0 Å². The van der Waals surface area contributed by atoms with Crippen molar-refractivity contribution in [3.05, 3.63) is 53.2 Å². The number of amidine groups is 1. The van der Waals surface area contributed by atoms with Gasteiger partial charge in [-0.25, -0.2) is 0 Å². The maximum atomic E-state index is 13.1. The highest BCUT2D eigenvalue weighted by molar-refractivity contribution is 6.17. The fraction of sp³-hybridized carbons (Fsp3) is 0.381. The summed E-state index contributed by atoms with van der Waals surface area (Å²) in [7, 11) is 3.94. The largest absolute Gasteiger partial charge is 0.354 e. The van der Waals surface area contributed by atoms with Crippen molar-refractivity contribution in [3.8, 4) is 0 Å². The quantitative estimate of drug-likeness (QED) is 0.879. The summed E-state index contributed by atoms with van der Waals surface area (Å²) in [5, 5.41) is 2.97. The van der Waals surface area contributed by atoms with E-state index in [4.69, 9.17) is 4.99 Å². The first kappa shape index (κ1) is 17.7. The van der Waals surface area contributed by atoms with Crippen molar-refractivity contribution >= 4 is 23.7 Å². The van der Waals surface area contributed by atoms with E-state index in [2.05, 4.69) is 11.4 Å². The molecule has 1 aliphatic carbocycles. The Bertz CT molecular complexity index is 869. The first-order chi connectivity index (χ1) is 13.0. The number of rotatable bonds is 4. The van der Waals surface area contributed by atoms with Gasteiger partial charge in [0.25, 0.3) is 5.91 Å². The molecule has 0 aromatic heterocycles. The van der Waals surface area contributed by atoms with Gasteiger partial charge in [0.1, 0.15) is 5.84 Å². The lowest BCUT2D eigenvalue weighted by Gasteiger charge is -2.37. The number of benzene rings is 1. The van der Waals surface area contributed by atoms with Crippen molar-refractivity contribution < 1.29 is 9.59 Å². The minimum absolute atomic E-state index is 0.0680. The molecule has 3 aliphatic rings. The molecule has 6 heteroatoms. The third kappa shape index (κ3) is 3.32. The van der Waals surface area contributed by atoms with Gasteiger partial charge in [0.2, 0.25) is 5.91 Å². The molecule has 1 N–H and O–H groups in total. The Labute approximate surface area is 159 Å². The summed E-state index contributed by atoms with van der Waals surface area (Å²) in [6, 6.07) is 7.88. The highest BCUT2D eigenvalue weighted by Gasteiger charge is 2.40. The van der Waals surface area contributed by atoms with Crippen molar-refractivity contribution in [2.75, 3.05) is 27.2 Å². The standard InChI is InChI=1S/C21H24N4O2/c1-24(2)11-9-22-20(26)16-8-5-10-25-19(16)23-18-13-15-7-4-3-6-14(15)12-17(18)21(25)27/h3-7,10,12,16,18H,8-9,11,13H2,1-2H3,(H,22,26). The molecule has 4 rings (SSSR count). The van der Waals surface area contributed by atoms with Crippen molar-refractivity contribution in [2.45, 2.75) is 18.9 Å². The third-order valence-corrected chi connectivity index (χ3v) is 5.25. The Kier molecular flexibility index (Phi) is 4.66. The number of allylic oxidation sites excluding steroid dienone is 1.